The summed E-state index contributed by atoms with van der Waals surface area (Å²) in [6, 6.07) is 0. The zero-order valence-electron chi connectivity index (χ0n) is 9.03. The number of amides is 1. The highest BCUT2D eigenvalue weighted by atomic mass is 19.3. The average molecular weight is 241 g/mol. The fourth-order valence-electron chi connectivity index (χ4n) is 1.92. The maximum Gasteiger partial charge on any atom is 0.383 e. The summed E-state index contributed by atoms with van der Waals surface area (Å²) in [5.74, 6) is -6.47. The zero-order chi connectivity index (χ0) is 12.4. The molecule has 16 heavy (non-hydrogen) atoms. The maximum atomic E-state index is 12.6. The van der Waals surface area contributed by atoms with Crippen LogP contribution < -0.4 is 5.32 Å². The smallest absolute Gasteiger partial charge is 0.350 e. The number of rotatable bonds is 4. The Morgan fingerprint density at radius 1 is 1.38 bits per heavy atom. The molecule has 6 heteroatoms. The molecule has 2 nitrogen and oxygen atoms in total. The molecular formula is C10H15F4NO. The van der Waals surface area contributed by atoms with E-state index in [9.17, 15) is 22.4 Å². The lowest BCUT2D eigenvalue weighted by molar-refractivity contribution is -0.169. The van der Waals surface area contributed by atoms with Gasteiger partial charge in [-0.25, -0.2) is 8.78 Å². The van der Waals surface area contributed by atoms with Crippen LogP contribution in [0.3, 0.4) is 0 Å². The molecule has 0 aromatic heterocycles. The normalized spacial score (nSPS) is 20.1. The highest BCUT2D eigenvalue weighted by Crippen LogP contribution is 2.37. The quantitative estimate of drug-likeness (QED) is 0.753. The van der Waals surface area contributed by atoms with Gasteiger partial charge in [0, 0.05) is 6.54 Å². The Hall–Kier alpha value is -0.810. The van der Waals surface area contributed by atoms with Crippen molar-refractivity contribution in [2.45, 2.75) is 45.0 Å². The van der Waals surface area contributed by atoms with Gasteiger partial charge in [0.2, 0.25) is 0 Å². The third-order valence-corrected chi connectivity index (χ3v) is 3.06. The molecule has 94 valence electrons. The van der Waals surface area contributed by atoms with Crippen LogP contribution in [0.4, 0.5) is 17.6 Å². The Balaban J connectivity index is 2.46. The molecule has 1 fully saturated rings. The molecule has 0 unspecified atom stereocenters. The maximum absolute atomic E-state index is 12.6. The second kappa shape index (κ2) is 4.59. The van der Waals surface area contributed by atoms with Crippen molar-refractivity contribution in [2.75, 3.05) is 6.54 Å². The molecule has 0 spiro atoms. The summed E-state index contributed by atoms with van der Waals surface area (Å²) in [5, 5.41) is 1.92. The highest BCUT2D eigenvalue weighted by molar-refractivity contribution is 5.83. The minimum atomic E-state index is -4.59. The van der Waals surface area contributed by atoms with Gasteiger partial charge >= 0.3 is 12.3 Å². The van der Waals surface area contributed by atoms with Crippen LogP contribution in [0.5, 0.6) is 0 Å². The number of alkyl halides is 4. The van der Waals surface area contributed by atoms with Crippen molar-refractivity contribution in [3.05, 3.63) is 0 Å². The Kier molecular flexibility index (Phi) is 3.80. The number of carbonyl (C=O) groups is 1. The van der Waals surface area contributed by atoms with Crippen LogP contribution in [-0.4, -0.2) is 24.8 Å². The van der Waals surface area contributed by atoms with Crippen molar-refractivity contribution in [3.8, 4) is 0 Å². The summed E-state index contributed by atoms with van der Waals surface area (Å²) >= 11 is 0. The summed E-state index contributed by atoms with van der Waals surface area (Å²) in [5.41, 5.74) is -0.228. The van der Waals surface area contributed by atoms with Gasteiger partial charge in [-0.1, -0.05) is 19.8 Å². The molecule has 0 atom stereocenters. The molecule has 1 N–H and O–H groups in total. The van der Waals surface area contributed by atoms with E-state index >= 15 is 0 Å². The molecule has 0 aromatic carbocycles. The number of hydrogen-bond acceptors (Lipinski definition) is 1. The van der Waals surface area contributed by atoms with E-state index in [0.717, 1.165) is 25.7 Å². The lowest BCUT2D eigenvalue weighted by atomic mass is 9.89. The fraction of sp³-hybridized carbons (Fsp3) is 0.900. The van der Waals surface area contributed by atoms with Crippen molar-refractivity contribution in [2.24, 2.45) is 5.41 Å². The molecule has 0 aromatic rings. The van der Waals surface area contributed by atoms with Crippen molar-refractivity contribution >= 4 is 5.91 Å². The van der Waals surface area contributed by atoms with Gasteiger partial charge in [0.05, 0.1) is 0 Å². The first-order valence-electron chi connectivity index (χ1n) is 5.22. The molecular weight excluding hydrogens is 226 g/mol. The molecule has 0 aliphatic heterocycles. The van der Waals surface area contributed by atoms with Crippen molar-refractivity contribution in [1.82, 2.24) is 5.32 Å². The predicted octanol–water partition coefficient (Wildman–Crippen LogP) is 2.58. The zero-order valence-corrected chi connectivity index (χ0v) is 9.03. The van der Waals surface area contributed by atoms with E-state index in [-0.39, 0.29) is 12.0 Å². The van der Waals surface area contributed by atoms with E-state index in [1.165, 1.54) is 0 Å². The molecule has 1 saturated carbocycles. The molecule has 1 aliphatic carbocycles. The van der Waals surface area contributed by atoms with Crippen LogP contribution >= 0.6 is 0 Å². The Morgan fingerprint density at radius 2 is 1.88 bits per heavy atom. The lowest BCUT2D eigenvalue weighted by Gasteiger charge is -2.25. The SMILES string of the molecule is CC1(CNC(=O)C(F)(F)C(F)F)CCCC1. The van der Waals surface area contributed by atoms with Gasteiger partial charge in [0.15, 0.2) is 0 Å². The second-order valence-electron chi connectivity index (χ2n) is 4.62. The summed E-state index contributed by atoms with van der Waals surface area (Å²) in [6.45, 7) is 1.90. The van der Waals surface area contributed by atoms with Gasteiger partial charge in [-0.15, -0.1) is 0 Å². The lowest BCUT2D eigenvalue weighted by Crippen LogP contribution is -2.47. The van der Waals surface area contributed by atoms with Crippen LogP contribution in [0, 0.1) is 5.41 Å². The van der Waals surface area contributed by atoms with Crippen molar-refractivity contribution < 1.29 is 22.4 Å². The van der Waals surface area contributed by atoms with E-state index in [4.69, 9.17) is 0 Å². The Labute approximate surface area is 91.4 Å². The minimum absolute atomic E-state index is 0.0359. The highest BCUT2D eigenvalue weighted by Gasteiger charge is 2.49. The summed E-state index contributed by atoms with van der Waals surface area (Å²) < 4.78 is 48.8. The van der Waals surface area contributed by atoms with Crippen molar-refractivity contribution in [1.29, 1.82) is 0 Å². The van der Waals surface area contributed by atoms with E-state index < -0.39 is 18.3 Å². The minimum Gasteiger partial charge on any atom is -0.350 e. The molecule has 0 radical (unpaired) electrons. The first-order valence-corrected chi connectivity index (χ1v) is 5.22. The van der Waals surface area contributed by atoms with E-state index in [0.29, 0.717) is 0 Å². The summed E-state index contributed by atoms with van der Waals surface area (Å²) in [6.07, 6.45) is -0.333. The van der Waals surface area contributed by atoms with Crippen LogP contribution in [0.15, 0.2) is 0 Å². The predicted molar refractivity (Wildman–Crippen MR) is 50.5 cm³/mol. The number of nitrogens with one attached hydrogen (secondary N) is 1. The number of carbonyl (C=O) groups excluding carboxylic acids is 1. The van der Waals surface area contributed by atoms with Crippen LogP contribution in [-0.2, 0) is 4.79 Å². The third-order valence-electron chi connectivity index (χ3n) is 3.06. The van der Waals surface area contributed by atoms with Crippen LogP contribution in [0.2, 0.25) is 0 Å². The van der Waals surface area contributed by atoms with Gasteiger partial charge in [-0.3, -0.25) is 4.79 Å². The summed E-state index contributed by atoms with van der Waals surface area (Å²) in [7, 11) is 0. The van der Waals surface area contributed by atoms with Crippen molar-refractivity contribution in [3.63, 3.8) is 0 Å². The number of hydrogen-bond donors (Lipinski definition) is 1. The molecule has 1 amide bonds. The fourth-order valence-corrected chi connectivity index (χ4v) is 1.92. The van der Waals surface area contributed by atoms with Gasteiger partial charge in [-0.2, -0.15) is 8.78 Å². The van der Waals surface area contributed by atoms with Crippen LogP contribution in [0.25, 0.3) is 0 Å². The molecule has 1 aliphatic rings. The molecule has 0 saturated heterocycles. The Morgan fingerprint density at radius 3 is 2.31 bits per heavy atom. The molecule has 0 bridgehead atoms. The van der Waals surface area contributed by atoms with Gasteiger partial charge in [0.25, 0.3) is 5.91 Å². The van der Waals surface area contributed by atoms with E-state index in [2.05, 4.69) is 0 Å². The number of halogens is 4. The third kappa shape index (κ3) is 2.86. The largest absolute Gasteiger partial charge is 0.383 e. The average Bonchev–Trinajstić information content (AvgIpc) is 2.62. The second-order valence-corrected chi connectivity index (χ2v) is 4.62. The van der Waals surface area contributed by atoms with E-state index in [1.807, 2.05) is 12.2 Å². The summed E-state index contributed by atoms with van der Waals surface area (Å²) in [4.78, 5) is 10.9. The van der Waals surface area contributed by atoms with Gasteiger partial charge in [0.1, 0.15) is 0 Å². The molecule has 0 heterocycles. The van der Waals surface area contributed by atoms with Gasteiger partial charge in [-0.05, 0) is 18.3 Å². The standard InChI is InChI=1S/C10H15F4NO/c1-9(4-2-3-5-9)6-15-8(16)10(13,14)7(11)12/h7H,2-6H2,1H3,(H,15,16). The monoisotopic (exact) mass is 241 g/mol. The Bertz CT molecular complexity index is 262. The van der Waals surface area contributed by atoms with Gasteiger partial charge < -0.3 is 5.32 Å². The first-order chi connectivity index (χ1) is 7.28. The van der Waals surface area contributed by atoms with E-state index in [1.54, 1.807) is 0 Å². The topological polar surface area (TPSA) is 29.1 Å². The molecule has 1 rings (SSSR count). The van der Waals surface area contributed by atoms with Crippen LogP contribution in [0.1, 0.15) is 32.6 Å². The first kappa shape index (κ1) is 13.3.